The summed E-state index contributed by atoms with van der Waals surface area (Å²) in [5.74, 6) is 6.96. The standard InChI is InChI=1S/C18H21NO/c1-2-3-6-14-20-18-12-11-15-8-4-5-9-16(15)17(18)10-7-13-19/h4-5,8-9,11-12H,2-3,6,13-14,19H2,1H3. The lowest BCUT2D eigenvalue weighted by Crippen LogP contribution is -2.00. The van der Waals surface area contributed by atoms with Gasteiger partial charge < -0.3 is 10.5 Å². The monoisotopic (exact) mass is 267 g/mol. The topological polar surface area (TPSA) is 35.2 Å². The largest absolute Gasteiger partial charge is 0.492 e. The van der Waals surface area contributed by atoms with Crippen LogP contribution in [0.3, 0.4) is 0 Å². The number of fused-ring (bicyclic) bond motifs is 1. The van der Waals surface area contributed by atoms with Gasteiger partial charge in [0.15, 0.2) is 0 Å². The maximum atomic E-state index is 5.90. The van der Waals surface area contributed by atoms with Gasteiger partial charge in [-0.15, -0.1) is 0 Å². The van der Waals surface area contributed by atoms with Crippen molar-refractivity contribution < 1.29 is 4.74 Å². The lowest BCUT2D eigenvalue weighted by atomic mass is 10.0. The molecule has 0 unspecified atom stereocenters. The van der Waals surface area contributed by atoms with Gasteiger partial charge >= 0.3 is 0 Å². The van der Waals surface area contributed by atoms with E-state index in [2.05, 4.69) is 37.0 Å². The molecule has 0 aromatic heterocycles. The van der Waals surface area contributed by atoms with Gasteiger partial charge in [0, 0.05) is 5.39 Å². The Morgan fingerprint density at radius 3 is 2.75 bits per heavy atom. The van der Waals surface area contributed by atoms with E-state index in [9.17, 15) is 0 Å². The van der Waals surface area contributed by atoms with Crippen LogP contribution in [-0.2, 0) is 0 Å². The first kappa shape index (κ1) is 14.4. The number of benzene rings is 2. The Labute approximate surface area is 120 Å². The van der Waals surface area contributed by atoms with Gasteiger partial charge in [-0.25, -0.2) is 0 Å². The molecular weight excluding hydrogens is 246 g/mol. The van der Waals surface area contributed by atoms with E-state index >= 15 is 0 Å². The van der Waals surface area contributed by atoms with Crippen molar-refractivity contribution in [2.24, 2.45) is 5.73 Å². The minimum absolute atomic E-state index is 0.360. The second-order valence-corrected chi connectivity index (χ2v) is 4.72. The molecule has 0 radical (unpaired) electrons. The van der Waals surface area contributed by atoms with Crippen molar-refractivity contribution in [3.05, 3.63) is 42.0 Å². The van der Waals surface area contributed by atoms with Crippen LogP contribution < -0.4 is 10.5 Å². The van der Waals surface area contributed by atoms with E-state index in [-0.39, 0.29) is 0 Å². The summed E-state index contributed by atoms with van der Waals surface area (Å²) in [7, 11) is 0. The molecule has 0 spiro atoms. The molecule has 2 aromatic carbocycles. The summed E-state index contributed by atoms with van der Waals surface area (Å²) in [6.45, 7) is 3.29. The second kappa shape index (κ2) is 7.57. The van der Waals surface area contributed by atoms with E-state index in [0.29, 0.717) is 6.54 Å². The molecule has 0 saturated carbocycles. The molecule has 2 nitrogen and oxygen atoms in total. The maximum absolute atomic E-state index is 5.90. The van der Waals surface area contributed by atoms with E-state index in [1.165, 1.54) is 18.2 Å². The number of unbranched alkanes of at least 4 members (excludes halogenated alkanes) is 2. The van der Waals surface area contributed by atoms with Crippen LogP contribution in [0.1, 0.15) is 31.7 Å². The van der Waals surface area contributed by atoms with Gasteiger partial charge in [-0.2, -0.15) is 0 Å². The summed E-state index contributed by atoms with van der Waals surface area (Å²) < 4.78 is 5.90. The van der Waals surface area contributed by atoms with Gasteiger partial charge in [-0.1, -0.05) is 61.9 Å². The quantitative estimate of drug-likeness (QED) is 0.662. The minimum atomic E-state index is 0.360. The molecule has 0 heterocycles. The van der Waals surface area contributed by atoms with E-state index in [0.717, 1.165) is 29.7 Å². The first-order valence-corrected chi connectivity index (χ1v) is 7.20. The van der Waals surface area contributed by atoms with Crippen molar-refractivity contribution in [2.75, 3.05) is 13.2 Å². The van der Waals surface area contributed by atoms with Gasteiger partial charge in [0.25, 0.3) is 0 Å². The van der Waals surface area contributed by atoms with Gasteiger partial charge in [-0.3, -0.25) is 0 Å². The smallest absolute Gasteiger partial charge is 0.135 e. The van der Waals surface area contributed by atoms with Crippen LogP contribution in [0.25, 0.3) is 10.8 Å². The van der Waals surface area contributed by atoms with Crippen molar-refractivity contribution in [3.8, 4) is 17.6 Å². The molecule has 2 rings (SSSR count). The highest BCUT2D eigenvalue weighted by atomic mass is 16.5. The van der Waals surface area contributed by atoms with Crippen LogP contribution >= 0.6 is 0 Å². The molecular formula is C18H21NO. The van der Waals surface area contributed by atoms with E-state index in [1.807, 2.05) is 18.2 Å². The fraction of sp³-hybridized carbons (Fsp3) is 0.333. The van der Waals surface area contributed by atoms with Crippen molar-refractivity contribution in [1.29, 1.82) is 0 Å². The third-order valence-corrected chi connectivity index (χ3v) is 3.21. The Bertz CT molecular complexity index is 622. The molecule has 0 aliphatic rings. The summed E-state index contributed by atoms with van der Waals surface area (Å²) in [6, 6.07) is 12.3. The molecule has 2 N–H and O–H groups in total. The molecule has 0 atom stereocenters. The predicted molar refractivity (Wildman–Crippen MR) is 84.9 cm³/mol. The Kier molecular flexibility index (Phi) is 5.46. The molecule has 104 valence electrons. The third kappa shape index (κ3) is 3.53. The third-order valence-electron chi connectivity index (χ3n) is 3.21. The summed E-state index contributed by atoms with van der Waals surface area (Å²) in [4.78, 5) is 0. The number of rotatable bonds is 5. The van der Waals surface area contributed by atoms with Crippen LogP contribution in [0.5, 0.6) is 5.75 Å². The molecule has 0 fully saturated rings. The fourth-order valence-electron chi connectivity index (χ4n) is 2.17. The number of hydrogen-bond acceptors (Lipinski definition) is 2. The average molecular weight is 267 g/mol. The molecule has 2 heteroatoms. The number of hydrogen-bond donors (Lipinski definition) is 1. The van der Waals surface area contributed by atoms with Crippen LogP contribution in [0.15, 0.2) is 36.4 Å². The lowest BCUT2D eigenvalue weighted by Gasteiger charge is -2.10. The highest BCUT2D eigenvalue weighted by Gasteiger charge is 2.06. The lowest BCUT2D eigenvalue weighted by molar-refractivity contribution is 0.306. The average Bonchev–Trinajstić information content (AvgIpc) is 2.50. The summed E-state index contributed by atoms with van der Waals surface area (Å²) in [5.41, 5.74) is 6.44. The van der Waals surface area contributed by atoms with Gasteiger partial charge in [0.05, 0.1) is 18.7 Å². The zero-order chi connectivity index (χ0) is 14.2. The minimum Gasteiger partial charge on any atom is -0.492 e. The fourth-order valence-corrected chi connectivity index (χ4v) is 2.17. The van der Waals surface area contributed by atoms with Crippen LogP contribution in [0.4, 0.5) is 0 Å². The Hall–Kier alpha value is -1.98. The Morgan fingerprint density at radius 1 is 1.10 bits per heavy atom. The van der Waals surface area contributed by atoms with Gasteiger partial charge in [0.2, 0.25) is 0 Å². The summed E-state index contributed by atoms with van der Waals surface area (Å²) >= 11 is 0. The predicted octanol–water partition coefficient (Wildman–Crippen LogP) is 3.72. The highest BCUT2D eigenvalue weighted by Crippen LogP contribution is 2.27. The first-order valence-electron chi connectivity index (χ1n) is 7.20. The summed E-state index contributed by atoms with van der Waals surface area (Å²) in [5, 5.41) is 2.30. The Morgan fingerprint density at radius 2 is 1.95 bits per heavy atom. The molecule has 2 aromatic rings. The van der Waals surface area contributed by atoms with Crippen molar-refractivity contribution >= 4 is 10.8 Å². The van der Waals surface area contributed by atoms with E-state index in [1.54, 1.807) is 0 Å². The van der Waals surface area contributed by atoms with Crippen molar-refractivity contribution in [1.82, 2.24) is 0 Å². The maximum Gasteiger partial charge on any atom is 0.135 e. The number of nitrogens with two attached hydrogens (primary N) is 1. The first-order chi connectivity index (χ1) is 9.86. The second-order valence-electron chi connectivity index (χ2n) is 4.72. The van der Waals surface area contributed by atoms with Crippen molar-refractivity contribution in [2.45, 2.75) is 26.2 Å². The molecule has 0 aliphatic heterocycles. The zero-order valence-electron chi connectivity index (χ0n) is 12.0. The van der Waals surface area contributed by atoms with E-state index in [4.69, 9.17) is 10.5 Å². The number of ether oxygens (including phenoxy) is 1. The molecule has 20 heavy (non-hydrogen) atoms. The SMILES string of the molecule is CCCCCOc1ccc2ccccc2c1C#CCN. The highest BCUT2D eigenvalue weighted by molar-refractivity contribution is 5.90. The summed E-state index contributed by atoms with van der Waals surface area (Å²) in [6.07, 6.45) is 3.46. The Balaban J connectivity index is 2.32. The van der Waals surface area contributed by atoms with Crippen LogP contribution in [0.2, 0.25) is 0 Å². The zero-order valence-corrected chi connectivity index (χ0v) is 12.0. The molecule has 0 saturated heterocycles. The molecule has 0 aliphatic carbocycles. The van der Waals surface area contributed by atoms with Gasteiger partial charge in [0.1, 0.15) is 5.75 Å². The van der Waals surface area contributed by atoms with Crippen LogP contribution in [0, 0.1) is 11.8 Å². The van der Waals surface area contributed by atoms with Crippen molar-refractivity contribution in [3.63, 3.8) is 0 Å². The normalized spacial score (nSPS) is 10.1. The van der Waals surface area contributed by atoms with E-state index < -0.39 is 0 Å². The van der Waals surface area contributed by atoms with Crippen LogP contribution in [-0.4, -0.2) is 13.2 Å². The molecule has 0 bridgehead atoms. The molecule has 0 amide bonds. The van der Waals surface area contributed by atoms with Gasteiger partial charge in [-0.05, 0) is 17.9 Å².